The second-order valence-corrected chi connectivity index (χ2v) is 1.59. The first-order chi connectivity index (χ1) is 3.27. The zero-order valence-corrected chi connectivity index (χ0v) is 3.72. The summed E-state index contributed by atoms with van der Waals surface area (Å²) >= 11 is 0. The van der Waals surface area contributed by atoms with Gasteiger partial charge in [-0.1, -0.05) is 0 Å². The van der Waals surface area contributed by atoms with Gasteiger partial charge in [0.25, 0.3) is 0 Å². The average molecular weight is 99.1 g/mol. The molecule has 0 saturated carbocycles. The van der Waals surface area contributed by atoms with E-state index < -0.39 is 5.72 Å². The summed E-state index contributed by atoms with van der Waals surface area (Å²) < 4.78 is 4.56. The predicted molar refractivity (Wildman–Crippen MR) is 22.4 cm³/mol. The van der Waals surface area contributed by atoms with Crippen molar-refractivity contribution in [3.05, 3.63) is 11.4 Å². The van der Waals surface area contributed by atoms with E-state index in [0.29, 0.717) is 0 Å². The molecule has 1 heterocycles. The molecule has 7 heavy (non-hydrogen) atoms. The molecule has 0 spiro atoms. The summed E-state index contributed by atoms with van der Waals surface area (Å²) in [5.41, 5.74) is -1.17. The number of aliphatic hydroxyl groups is 1. The molecule has 38 valence electrons. The fourth-order valence-electron chi connectivity index (χ4n) is 0.349. The minimum absolute atomic E-state index is 0.177. The van der Waals surface area contributed by atoms with Crippen LogP contribution in [0.3, 0.4) is 0 Å². The lowest BCUT2D eigenvalue weighted by atomic mass is 10.2. The van der Waals surface area contributed by atoms with Crippen molar-refractivity contribution in [3.8, 4) is 0 Å². The van der Waals surface area contributed by atoms with Crippen molar-refractivity contribution >= 4 is 0 Å². The molecule has 0 bridgehead atoms. The monoisotopic (exact) mass is 99.0 g/mol. The summed E-state index contributed by atoms with van der Waals surface area (Å²) in [6.45, 7) is 6.71. The predicted octanol–water partition coefficient (Wildman–Crippen LogP) is -0.376. The zero-order chi connectivity index (χ0) is 5.33. The fraction of sp³-hybridized carbons (Fsp3) is 0.750. The van der Waals surface area contributed by atoms with Gasteiger partial charge in [-0.25, -0.2) is 6.57 Å². The van der Waals surface area contributed by atoms with E-state index in [1.807, 2.05) is 0 Å². The van der Waals surface area contributed by atoms with Crippen molar-refractivity contribution < 1.29 is 9.84 Å². The van der Waals surface area contributed by atoms with Gasteiger partial charge in [0.15, 0.2) is 13.2 Å². The van der Waals surface area contributed by atoms with E-state index in [1.165, 1.54) is 0 Å². The summed E-state index contributed by atoms with van der Waals surface area (Å²) in [5.74, 6) is 0. The topological polar surface area (TPSA) is 33.8 Å². The van der Waals surface area contributed by atoms with Crippen LogP contribution in [-0.4, -0.2) is 24.0 Å². The van der Waals surface area contributed by atoms with Gasteiger partial charge in [-0.15, -0.1) is 0 Å². The quantitative estimate of drug-likeness (QED) is 0.420. The molecule has 0 atom stereocenters. The van der Waals surface area contributed by atoms with E-state index in [2.05, 4.69) is 9.58 Å². The third-order valence-electron chi connectivity index (χ3n) is 0.875. The number of nitrogens with zero attached hydrogens (tertiary/aromatic N) is 1. The lowest BCUT2D eigenvalue weighted by Gasteiger charge is -2.23. The first-order valence-electron chi connectivity index (χ1n) is 1.96. The van der Waals surface area contributed by atoms with Crippen molar-refractivity contribution in [3.63, 3.8) is 0 Å². The lowest BCUT2D eigenvalue weighted by Crippen LogP contribution is -2.46. The number of rotatable bonds is 0. The van der Waals surface area contributed by atoms with Gasteiger partial charge in [0.1, 0.15) is 0 Å². The first kappa shape index (κ1) is 4.57. The van der Waals surface area contributed by atoms with Gasteiger partial charge in [-0.3, -0.25) is 4.85 Å². The molecule has 0 aliphatic carbocycles. The van der Waals surface area contributed by atoms with Crippen LogP contribution in [0.2, 0.25) is 0 Å². The fourth-order valence-corrected chi connectivity index (χ4v) is 0.349. The molecule has 0 aromatic heterocycles. The van der Waals surface area contributed by atoms with Crippen LogP contribution in [0.1, 0.15) is 0 Å². The number of hydrogen-bond donors (Lipinski definition) is 1. The molecular weight excluding hydrogens is 94.0 g/mol. The molecule has 1 fully saturated rings. The molecule has 3 heteroatoms. The molecule has 0 aromatic carbocycles. The largest absolute Gasteiger partial charge is 0.381 e. The summed E-state index contributed by atoms with van der Waals surface area (Å²) in [5, 5.41) is 8.74. The minimum atomic E-state index is -1.17. The highest BCUT2D eigenvalue weighted by Crippen LogP contribution is 2.16. The van der Waals surface area contributed by atoms with E-state index in [1.54, 1.807) is 0 Å². The van der Waals surface area contributed by atoms with Gasteiger partial charge in [-0.05, 0) is 0 Å². The second-order valence-electron chi connectivity index (χ2n) is 1.59. The van der Waals surface area contributed by atoms with Gasteiger partial charge in [0.2, 0.25) is 0 Å². The highest BCUT2D eigenvalue weighted by molar-refractivity contribution is 4.92. The summed E-state index contributed by atoms with van der Waals surface area (Å²) in [7, 11) is 0. The van der Waals surface area contributed by atoms with E-state index in [4.69, 9.17) is 11.7 Å². The Morgan fingerprint density at radius 2 is 2.29 bits per heavy atom. The molecule has 0 unspecified atom stereocenters. The summed E-state index contributed by atoms with van der Waals surface area (Å²) in [6.07, 6.45) is 0. The minimum Gasteiger partial charge on any atom is -0.358 e. The Labute approximate surface area is 41.3 Å². The maximum atomic E-state index is 8.74. The van der Waals surface area contributed by atoms with Crippen molar-refractivity contribution in [2.24, 2.45) is 0 Å². The Morgan fingerprint density at radius 3 is 2.29 bits per heavy atom. The molecule has 1 N–H and O–H groups in total. The average Bonchev–Trinajstić information content (AvgIpc) is 1.61. The molecule has 1 aliphatic rings. The maximum Gasteiger partial charge on any atom is 0.381 e. The first-order valence-corrected chi connectivity index (χ1v) is 1.96. The molecule has 0 amide bonds. The van der Waals surface area contributed by atoms with Crippen LogP contribution in [0.5, 0.6) is 0 Å². The molecule has 0 radical (unpaired) electrons. The molecule has 1 aliphatic heterocycles. The van der Waals surface area contributed by atoms with Gasteiger partial charge < -0.3 is 9.84 Å². The van der Waals surface area contributed by atoms with Crippen LogP contribution < -0.4 is 0 Å². The molecule has 1 saturated heterocycles. The van der Waals surface area contributed by atoms with Crippen molar-refractivity contribution in [2.45, 2.75) is 5.72 Å². The highest BCUT2D eigenvalue weighted by atomic mass is 16.5. The molecule has 1 rings (SSSR count). The third-order valence-corrected chi connectivity index (χ3v) is 0.875. The van der Waals surface area contributed by atoms with Gasteiger partial charge in [0, 0.05) is 0 Å². The maximum absolute atomic E-state index is 8.74. The highest BCUT2D eigenvalue weighted by Gasteiger charge is 2.43. The van der Waals surface area contributed by atoms with Gasteiger partial charge in [0.05, 0.1) is 0 Å². The third kappa shape index (κ3) is 0.581. The molecular formula is C4H5NO2. The Kier molecular flexibility index (Phi) is 0.775. The van der Waals surface area contributed by atoms with Gasteiger partial charge in [-0.2, -0.15) is 0 Å². The van der Waals surface area contributed by atoms with Crippen LogP contribution in [0.15, 0.2) is 0 Å². The summed E-state index contributed by atoms with van der Waals surface area (Å²) in [4.78, 5) is 2.91. The normalized spacial score (nSPS) is 25.1. The smallest absolute Gasteiger partial charge is 0.358 e. The zero-order valence-electron chi connectivity index (χ0n) is 3.72. The van der Waals surface area contributed by atoms with Crippen LogP contribution >= 0.6 is 0 Å². The Morgan fingerprint density at radius 1 is 1.71 bits per heavy atom. The van der Waals surface area contributed by atoms with E-state index in [0.717, 1.165) is 0 Å². The Bertz CT molecular complexity index is 111. The standard InChI is InChI=1S/C4H5NO2/c1-5-4(6)2-7-3-4/h6H,2-3H2. The van der Waals surface area contributed by atoms with Crippen molar-refractivity contribution in [2.75, 3.05) is 13.2 Å². The number of hydrogen-bond acceptors (Lipinski definition) is 2. The number of ether oxygens (including phenoxy) is 1. The van der Waals surface area contributed by atoms with E-state index >= 15 is 0 Å². The lowest BCUT2D eigenvalue weighted by molar-refractivity contribution is -0.148. The Balaban J connectivity index is 2.48. The van der Waals surface area contributed by atoms with E-state index in [-0.39, 0.29) is 13.2 Å². The second kappa shape index (κ2) is 1.19. The van der Waals surface area contributed by atoms with Crippen molar-refractivity contribution in [1.29, 1.82) is 0 Å². The van der Waals surface area contributed by atoms with E-state index in [9.17, 15) is 0 Å². The molecule has 0 aromatic rings. The van der Waals surface area contributed by atoms with Crippen LogP contribution in [-0.2, 0) is 4.74 Å². The van der Waals surface area contributed by atoms with Crippen molar-refractivity contribution in [1.82, 2.24) is 0 Å². The van der Waals surface area contributed by atoms with Crippen LogP contribution in [0, 0.1) is 6.57 Å². The van der Waals surface area contributed by atoms with Crippen LogP contribution in [0.4, 0.5) is 0 Å². The molecule has 3 nitrogen and oxygen atoms in total. The summed E-state index contributed by atoms with van der Waals surface area (Å²) in [6, 6.07) is 0. The van der Waals surface area contributed by atoms with Crippen LogP contribution in [0.25, 0.3) is 4.85 Å². The Hall–Kier alpha value is -0.590. The SMILES string of the molecule is [C-]#[N+]C1(O)COC1. The van der Waals surface area contributed by atoms with Gasteiger partial charge >= 0.3 is 5.72 Å².